The van der Waals surface area contributed by atoms with E-state index in [2.05, 4.69) is 0 Å². The highest BCUT2D eigenvalue weighted by Gasteiger charge is 1.98. The molecular weight excluding hydrogens is 178 g/mol. The molecule has 0 unspecified atom stereocenters. The van der Waals surface area contributed by atoms with Crippen molar-refractivity contribution in [2.75, 3.05) is 5.75 Å². The fraction of sp³-hybridized carbons (Fsp3) is 0.125. The molecule has 64 valence electrons. The molecular formula is C8H8O3S. The van der Waals surface area contributed by atoms with E-state index in [1.165, 1.54) is 23.9 Å². The molecule has 4 heteroatoms. The lowest BCUT2D eigenvalue weighted by Crippen LogP contribution is -1.96. The monoisotopic (exact) mass is 186 g/mol. The molecule has 1 aromatic rings. The number of phenolic OH excluding ortho intramolecular Hbond substituents is 1. The summed E-state index contributed by atoms with van der Waals surface area (Å²) in [6, 6.07) is 6.43. The molecule has 0 heterocycles. The molecule has 0 aromatic heterocycles. The Kier molecular flexibility index (Phi) is 2.99. The molecule has 1 aromatic carbocycles. The summed E-state index contributed by atoms with van der Waals surface area (Å²) in [5, 5.41) is 17.3. The highest BCUT2D eigenvalue weighted by molar-refractivity contribution is 8.00. The molecule has 1 rings (SSSR count). The Morgan fingerprint density at radius 3 is 2.42 bits per heavy atom. The third kappa shape index (κ3) is 2.84. The van der Waals surface area contributed by atoms with Crippen LogP contribution in [-0.4, -0.2) is 21.9 Å². The molecule has 0 saturated carbocycles. The highest BCUT2D eigenvalue weighted by atomic mass is 32.2. The molecule has 0 amide bonds. The number of aliphatic carboxylic acids is 1. The van der Waals surface area contributed by atoms with Crippen LogP contribution in [0.1, 0.15) is 0 Å². The molecule has 0 spiro atoms. The minimum atomic E-state index is -0.840. The van der Waals surface area contributed by atoms with Crippen molar-refractivity contribution in [2.24, 2.45) is 0 Å². The SMILES string of the molecule is O=C(O)CS[13c]1ccc(O)c[13cH]1. The van der Waals surface area contributed by atoms with Crippen molar-refractivity contribution >= 4 is 17.7 Å². The molecule has 0 aliphatic heterocycles. The van der Waals surface area contributed by atoms with Crippen LogP contribution in [0, 0.1) is 0 Å². The summed E-state index contributed by atoms with van der Waals surface area (Å²) in [5.74, 6) is -0.604. The van der Waals surface area contributed by atoms with Crippen LogP contribution < -0.4 is 0 Å². The first-order valence-electron chi connectivity index (χ1n) is 3.32. The van der Waals surface area contributed by atoms with Crippen LogP contribution in [0.2, 0.25) is 0 Å². The van der Waals surface area contributed by atoms with Crippen molar-refractivity contribution in [1.82, 2.24) is 0 Å². The Labute approximate surface area is 74.0 Å². The van der Waals surface area contributed by atoms with Crippen LogP contribution in [0.4, 0.5) is 0 Å². The molecule has 0 fully saturated rings. The van der Waals surface area contributed by atoms with Crippen LogP contribution in [0.15, 0.2) is 29.2 Å². The number of rotatable bonds is 3. The van der Waals surface area contributed by atoms with Crippen molar-refractivity contribution < 1.29 is 15.0 Å². The van der Waals surface area contributed by atoms with Crippen molar-refractivity contribution in [3.8, 4) is 5.75 Å². The van der Waals surface area contributed by atoms with Gasteiger partial charge in [0.15, 0.2) is 0 Å². The van der Waals surface area contributed by atoms with Gasteiger partial charge in [-0.25, -0.2) is 0 Å². The van der Waals surface area contributed by atoms with Crippen molar-refractivity contribution in [3.05, 3.63) is 24.3 Å². The third-order valence-electron chi connectivity index (χ3n) is 1.20. The lowest BCUT2D eigenvalue weighted by atomic mass is 10.5. The summed E-state index contributed by atoms with van der Waals surface area (Å²) in [6.45, 7) is 0. The largest absolute Gasteiger partial charge is 0.508 e. The quantitative estimate of drug-likeness (QED) is 0.703. The zero-order valence-corrected chi connectivity index (χ0v) is 7.04. The maximum atomic E-state index is 10.2. The Balaban J connectivity index is 2.53. The topological polar surface area (TPSA) is 57.5 Å². The number of thioether (sulfide) groups is 1. The van der Waals surface area contributed by atoms with Gasteiger partial charge in [0.25, 0.3) is 0 Å². The van der Waals surface area contributed by atoms with Gasteiger partial charge in [-0.1, -0.05) is 0 Å². The van der Waals surface area contributed by atoms with Crippen LogP contribution in [0.3, 0.4) is 0 Å². The van der Waals surface area contributed by atoms with Gasteiger partial charge in [-0.3, -0.25) is 4.79 Å². The van der Waals surface area contributed by atoms with E-state index in [-0.39, 0.29) is 11.5 Å². The average molecular weight is 186 g/mol. The zero-order valence-electron chi connectivity index (χ0n) is 6.23. The van der Waals surface area contributed by atoms with Crippen molar-refractivity contribution in [1.29, 1.82) is 0 Å². The van der Waals surface area contributed by atoms with Gasteiger partial charge in [-0.2, -0.15) is 0 Å². The van der Waals surface area contributed by atoms with Gasteiger partial charge in [0.1, 0.15) is 5.75 Å². The van der Waals surface area contributed by atoms with E-state index in [4.69, 9.17) is 10.2 Å². The standard InChI is InChI=1S/C8H8O3S/c9-6-1-3-7(4-2-6)12-5-8(10)11/h1-4,9H,5H2,(H,10,11)/i3+1,7+1. The smallest absolute Gasteiger partial charge is 0.313 e. The number of carboxylic acid groups (broad SMARTS) is 1. The van der Waals surface area contributed by atoms with E-state index < -0.39 is 5.97 Å². The van der Waals surface area contributed by atoms with Crippen LogP contribution in [-0.2, 0) is 4.79 Å². The average Bonchev–Trinajstić information content (AvgIpc) is 2.03. The molecule has 0 radical (unpaired) electrons. The summed E-state index contributed by atoms with van der Waals surface area (Å²) < 4.78 is 0. The second-order valence-electron chi connectivity index (χ2n) is 2.18. The molecule has 0 saturated heterocycles. The second kappa shape index (κ2) is 4.01. The lowest BCUT2D eigenvalue weighted by molar-refractivity contribution is -0.133. The number of hydrogen-bond acceptors (Lipinski definition) is 3. The van der Waals surface area contributed by atoms with Crippen LogP contribution in [0.5, 0.6) is 5.75 Å². The number of hydrogen-bond donors (Lipinski definition) is 2. The van der Waals surface area contributed by atoms with Gasteiger partial charge in [0.05, 0.1) is 5.75 Å². The lowest BCUT2D eigenvalue weighted by Gasteiger charge is -1.97. The number of aromatic hydroxyl groups is 1. The summed E-state index contributed by atoms with van der Waals surface area (Å²) in [5.41, 5.74) is 0. The van der Waals surface area contributed by atoms with E-state index in [0.717, 1.165) is 4.90 Å². The Morgan fingerprint density at radius 1 is 1.33 bits per heavy atom. The van der Waals surface area contributed by atoms with Crippen LogP contribution >= 0.6 is 11.8 Å². The Morgan fingerprint density at radius 2 is 1.92 bits per heavy atom. The van der Waals surface area contributed by atoms with Gasteiger partial charge in [0.2, 0.25) is 0 Å². The first kappa shape index (κ1) is 8.93. The normalized spacial score (nSPS) is 9.67. The zero-order chi connectivity index (χ0) is 8.97. The second-order valence-corrected chi connectivity index (χ2v) is 3.23. The summed E-state index contributed by atoms with van der Waals surface area (Å²) in [7, 11) is 0. The maximum Gasteiger partial charge on any atom is 0.313 e. The van der Waals surface area contributed by atoms with Gasteiger partial charge in [0, 0.05) is 4.90 Å². The number of phenols is 1. The van der Waals surface area contributed by atoms with E-state index >= 15 is 0 Å². The van der Waals surface area contributed by atoms with E-state index in [1.54, 1.807) is 12.1 Å². The maximum absolute atomic E-state index is 10.2. The van der Waals surface area contributed by atoms with Gasteiger partial charge in [-0.15, -0.1) is 11.8 Å². The number of carbonyl (C=O) groups is 1. The van der Waals surface area contributed by atoms with Gasteiger partial charge in [-0.05, 0) is 24.3 Å². The number of carboxylic acids is 1. The highest BCUT2D eigenvalue weighted by Crippen LogP contribution is 2.19. The van der Waals surface area contributed by atoms with Crippen molar-refractivity contribution in [2.45, 2.75) is 4.90 Å². The summed E-state index contributed by atoms with van der Waals surface area (Å²) in [6.07, 6.45) is 0. The predicted molar refractivity (Wildman–Crippen MR) is 46.5 cm³/mol. The van der Waals surface area contributed by atoms with E-state index in [1.807, 2.05) is 0 Å². The van der Waals surface area contributed by atoms with Gasteiger partial charge >= 0.3 is 5.97 Å². The Hall–Kier alpha value is -1.16. The third-order valence-corrected chi connectivity index (χ3v) is 2.20. The fourth-order valence-electron chi connectivity index (χ4n) is 0.687. The first-order chi connectivity index (χ1) is 5.68. The minimum absolute atomic E-state index is 0.0464. The van der Waals surface area contributed by atoms with Crippen LogP contribution in [0.25, 0.3) is 0 Å². The molecule has 12 heavy (non-hydrogen) atoms. The molecule has 0 atom stereocenters. The van der Waals surface area contributed by atoms with Gasteiger partial charge < -0.3 is 10.2 Å². The predicted octanol–water partition coefficient (Wildman–Crippen LogP) is 1.57. The molecule has 2 N–H and O–H groups in total. The summed E-state index contributed by atoms with van der Waals surface area (Å²) >= 11 is 1.23. The minimum Gasteiger partial charge on any atom is -0.508 e. The van der Waals surface area contributed by atoms with E-state index in [0.29, 0.717) is 0 Å². The van der Waals surface area contributed by atoms with E-state index in [9.17, 15) is 4.79 Å². The molecule has 0 aliphatic rings. The first-order valence-corrected chi connectivity index (χ1v) is 4.30. The molecule has 0 bridgehead atoms. The molecule has 0 aliphatic carbocycles. The fourth-order valence-corrected chi connectivity index (χ4v) is 1.31. The Bertz CT molecular complexity index is 268. The number of benzene rings is 1. The van der Waals surface area contributed by atoms with Crippen molar-refractivity contribution in [3.63, 3.8) is 0 Å². The molecule has 3 nitrogen and oxygen atoms in total. The summed E-state index contributed by atoms with van der Waals surface area (Å²) in [4.78, 5) is 11.0.